The largest absolute Gasteiger partial charge is 0.352 e. The Morgan fingerprint density at radius 2 is 1.62 bits per heavy atom. The molecule has 0 radical (unpaired) electrons. The fraction of sp³-hybridized carbons (Fsp3) is 0.344. The lowest BCUT2D eigenvalue weighted by molar-refractivity contribution is -0.141. The first kappa shape index (κ1) is 30.0. The normalized spacial score (nSPS) is 17.0. The highest BCUT2D eigenvalue weighted by atomic mass is 79.9. The zero-order valence-corrected chi connectivity index (χ0v) is 25.6. The van der Waals surface area contributed by atoms with Crippen molar-refractivity contribution >= 4 is 43.7 Å². The quantitative estimate of drug-likeness (QED) is 0.330. The predicted octanol–water partition coefficient (Wildman–Crippen LogP) is 5.07. The number of fused-ring (bicyclic) bond motifs is 1. The summed E-state index contributed by atoms with van der Waals surface area (Å²) in [6.45, 7) is -0.166. The maximum Gasteiger partial charge on any atom is 0.269 e. The van der Waals surface area contributed by atoms with Crippen molar-refractivity contribution in [1.82, 2.24) is 14.5 Å². The van der Waals surface area contributed by atoms with E-state index < -0.39 is 27.9 Å². The SMILES string of the molecule is O=C(NC1CCCCC1)[C@@H](Cc1ccccc1)N(Cc1cccc(Br)c1)C(=O)CCN1C(=O)c2ccccc2S1(=O)=O. The van der Waals surface area contributed by atoms with Gasteiger partial charge in [0.1, 0.15) is 10.9 Å². The third kappa shape index (κ3) is 6.76. The van der Waals surface area contributed by atoms with Gasteiger partial charge in [-0.3, -0.25) is 14.4 Å². The fourth-order valence-electron chi connectivity index (χ4n) is 5.72. The molecule has 1 fully saturated rings. The van der Waals surface area contributed by atoms with E-state index in [-0.39, 0.29) is 41.9 Å². The first-order valence-corrected chi connectivity index (χ1v) is 16.5. The van der Waals surface area contributed by atoms with Crippen molar-refractivity contribution in [3.05, 3.63) is 100 Å². The van der Waals surface area contributed by atoms with E-state index in [1.54, 1.807) is 12.1 Å². The van der Waals surface area contributed by atoms with Gasteiger partial charge in [0.2, 0.25) is 11.8 Å². The van der Waals surface area contributed by atoms with Gasteiger partial charge in [-0.15, -0.1) is 0 Å². The van der Waals surface area contributed by atoms with Crippen molar-refractivity contribution in [1.29, 1.82) is 0 Å². The summed E-state index contributed by atoms with van der Waals surface area (Å²) < 4.78 is 27.8. The Labute approximate surface area is 255 Å². The van der Waals surface area contributed by atoms with Gasteiger partial charge in [-0.05, 0) is 48.2 Å². The van der Waals surface area contributed by atoms with Crippen LogP contribution in [0.25, 0.3) is 0 Å². The van der Waals surface area contributed by atoms with Crippen LogP contribution in [-0.4, -0.2) is 54.0 Å². The first-order valence-electron chi connectivity index (χ1n) is 14.3. The summed E-state index contributed by atoms with van der Waals surface area (Å²) in [5.74, 6) is -1.28. The van der Waals surface area contributed by atoms with Crippen LogP contribution in [0.2, 0.25) is 0 Å². The summed E-state index contributed by atoms with van der Waals surface area (Å²) >= 11 is 3.49. The summed E-state index contributed by atoms with van der Waals surface area (Å²) in [6.07, 6.45) is 5.10. The summed E-state index contributed by atoms with van der Waals surface area (Å²) in [5.41, 5.74) is 1.82. The second-order valence-electron chi connectivity index (χ2n) is 10.8. The van der Waals surface area contributed by atoms with Crippen LogP contribution in [0.1, 0.15) is 60.0 Å². The predicted molar refractivity (Wildman–Crippen MR) is 163 cm³/mol. The highest BCUT2D eigenvalue weighted by molar-refractivity contribution is 9.10. The molecule has 0 bridgehead atoms. The number of amides is 3. The Morgan fingerprint density at radius 1 is 0.929 bits per heavy atom. The molecule has 1 N–H and O–H groups in total. The number of sulfonamides is 1. The van der Waals surface area contributed by atoms with E-state index in [9.17, 15) is 22.8 Å². The molecule has 1 heterocycles. The van der Waals surface area contributed by atoms with Gasteiger partial charge in [0, 0.05) is 36.4 Å². The van der Waals surface area contributed by atoms with Crippen LogP contribution in [0.4, 0.5) is 0 Å². The second kappa shape index (κ2) is 13.2. The zero-order chi connectivity index (χ0) is 29.7. The molecule has 1 saturated carbocycles. The average molecular weight is 653 g/mol. The van der Waals surface area contributed by atoms with Gasteiger partial charge in [-0.1, -0.05) is 89.8 Å². The Morgan fingerprint density at radius 3 is 2.33 bits per heavy atom. The van der Waals surface area contributed by atoms with E-state index in [1.807, 2.05) is 54.6 Å². The molecular formula is C32H34BrN3O5S. The van der Waals surface area contributed by atoms with Crippen LogP contribution in [-0.2, 0) is 32.6 Å². The monoisotopic (exact) mass is 651 g/mol. The number of hydrogen-bond donors (Lipinski definition) is 1. The maximum atomic E-state index is 14.0. The number of benzene rings is 3. The average Bonchev–Trinajstić information content (AvgIpc) is 3.19. The number of halogens is 1. The Hall–Kier alpha value is -3.50. The van der Waals surface area contributed by atoms with Crippen LogP contribution in [0.3, 0.4) is 0 Å². The van der Waals surface area contributed by atoms with Crippen molar-refractivity contribution in [3.8, 4) is 0 Å². The van der Waals surface area contributed by atoms with Gasteiger partial charge in [0.15, 0.2) is 0 Å². The van der Waals surface area contributed by atoms with Gasteiger partial charge in [-0.25, -0.2) is 12.7 Å². The van der Waals surface area contributed by atoms with Crippen LogP contribution in [0.5, 0.6) is 0 Å². The van der Waals surface area contributed by atoms with Crippen molar-refractivity contribution in [3.63, 3.8) is 0 Å². The van der Waals surface area contributed by atoms with Crippen LogP contribution >= 0.6 is 15.9 Å². The molecule has 42 heavy (non-hydrogen) atoms. The van der Waals surface area contributed by atoms with Gasteiger partial charge >= 0.3 is 0 Å². The molecule has 5 rings (SSSR count). The van der Waals surface area contributed by atoms with Crippen LogP contribution in [0.15, 0.2) is 88.2 Å². The van der Waals surface area contributed by atoms with E-state index in [2.05, 4.69) is 21.2 Å². The number of hydrogen-bond acceptors (Lipinski definition) is 5. The molecular weight excluding hydrogens is 618 g/mol. The van der Waals surface area contributed by atoms with Crippen molar-refractivity contribution in [2.24, 2.45) is 0 Å². The number of rotatable bonds is 10. The van der Waals surface area contributed by atoms with Gasteiger partial charge in [0.05, 0.1) is 5.56 Å². The topological polar surface area (TPSA) is 104 Å². The van der Waals surface area contributed by atoms with E-state index >= 15 is 0 Å². The van der Waals surface area contributed by atoms with Crippen molar-refractivity contribution in [2.45, 2.75) is 68.5 Å². The number of carbonyl (C=O) groups is 3. The lowest BCUT2D eigenvalue weighted by atomic mass is 9.94. The smallest absolute Gasteiger partial charge is 0.269 e. The minimum Gasteiger partial charge on any atom is -0.352 e. The summed E-state index contributed by atoms with van der Waals surface area (Å²) in [4.78, 5) is 42.4. The van der Waals surface area contributed by atoms with Gasteiger partial charge < -0.3 is 10.2 Å². The molecule has 3 aromatic rings. The van der Waals surface area contributed by atoms with E-state index in [0.29, 0.717) is 6.42 Å². The molecule has 0 spiro atoms. The summed E-state index contributed by atoms with van der Waals surface area (Å²) in [5, 5.41) is 3.20. The molecule has 0 aromatic heterocycles. The number of nitrogens with one attached hydrogen (secondary N) is 1. The minimum absolute atomic E-state index is 0.0535. The molecule has 1 aliphatic heterocycles. The summed E-state index contributed by atoms with van der Waals surface area (Å²) in [7, 11) is -4.06. The Kier molecular flexibility index (Phi) is 9.43. The third-order valence-corrected chi connectivity index (χ3v) is 10.2. The summed E-state index contributed by atoms with van der Waals surface area (Å²) in [6, 6.07) is 22.3. The molecule has 0 unspecified atom stereocenters. The first-order chi connectivity index (χ1) is 20.2. The molecule has 3 aromatic carbocycles. The zero-order valence-electron chi connectivity index (χ0n) is 23.2. The van der Waals surface area contributed by atoms with E-state index in [4.69, 9.17) is 0 Å². The Bertz CT molecular complexity index is 1560. The Balaban J connectivity index is 1.43. The van der Waals surface area contributed by atoms with Crippen LogP contribution < -0.4 is 5.32 Å². The second-order valence-corrected chi connectivity index (χ2v) is 13.6. The molecule has 3 amide bonds. The molecule has 1 aliphatic carbocycles. The van der Waals surface area contributed by atoms with Crippen LogP contribution in [0, 0.1) is 0 Å². The van der Waals surface area contributed by atoms with E-state index in [0.717, 1.165) is 52.0 Å². The molecule has 0 saturated heterocycles. The maximum absolute atomic E-state index is 14.0. The highest BCUT2D eigenvalue weighted by Gasteiger charge is 2.41. The van der Waals surface area contributed by atoms with Crippen molar-refractivity contribution < 1.29 is 22.8 Å². The number of nitrogens with zero attached hydrogens (tertiary/aromatic N) is 2. The molecule has 10 heteroatoms. The minimum atomic E-state index is -4.06. The highest BCUT2D eigenvalue weighted by Crippen LogP contribution is 2.30. The van der Waals surface area contributed by atoms with Gasteiger partial charge in [0.25, 0.3) is 15.9 Å². The fourth-order valence-corrected chi connectivity index (χ4v) is 7.74. The van der Waals surface area contributed by atoms with Crippen molar-refractivity contribution in [2.75, 3.05) is 6.54 Å². The number of carbonyl (C=O) groups excluding carboxylic acids is 3. The lowest BCUT2D eigenvalue weighted by Gasteiger charge is -2.34. The lowest BCUT2D eigenvalue weighted by Crippen LogP contribution is -2.53. The molecule has 1 atom stereocenters. The molecule has 2 aliphatic rings. The molecule has 8 nitrogen and oxygen atoms in total. The third-order valence-electron chi connectivity index (χ3n) is 7.91. The standard InChI is InChI=1S/C32H34BrN3O5S/c33-25-13-9-12-24(20-25)22-35(30(37)18-19-36-32(39)27-16-7-8-17-29(27)42(36,40)41)28(21-23-10-3-1-4-11-23)31(38)34-26-14-5-2-6-15-26/h1,3-4,7-13,16-17,20,26,28H,2,5-6,14-15,18-19,21-22H2,(H,34,38)/t28-/m1/s1. The van der Waals surface area contributed by atoms with E-state index in [1.165, 1.54) is 17.0 Å². The van der Waals surface area contributed by atoms with Gasteiger partial charge in [-0.2, -0.15) is 0 Å². The molecule has 220 valence electrons.